The molecule has 2 fully saturated rings. The van der Waals surface area contributed by atoms with Crippen LogP contribution in [0, 0.1) is 34.0 Å². The van der Waals surface area contributed by atoms with E-state index in [9.17, 15) is 15.1 Å². The van der Waals surface area contributed by atoms with Crippen LogP contribution in [0.25, 0.3) is 0 Å². The second-order valence-corrected chi connectivity index (χ2v) is 21.3. The van der Waals surface area contributed by atoms with Crippen LogP contribution in [0.5, 0.6) is 17.2 Å². The lowest BCUT2D eigenvalue weighted by atomic mass is 9.96. The summed E-state index contributed by atoms with van der Waals surface area (Å²) >= 11 is 6.52. The van der Waals surface area contributed by atoms with Gasteiger partial charge in [0, 0.05) is 11.8 Å². The van der Waals surface area contributed by atoms with E-state index >= 15 is 0 Å². The number of fused-ring (bicyclic) bond motifs is 1. The average Bonchev–Trinajstić information content (AvgIpc) is 4.03. The Morgan fingerprint density at radius 1 is 0.871 bits per heavy atom. The number of benzene rings is 2. The molecule has 0 spiro atoms. The van der Waals surface area contributed by atoms with Crippen LogP contribution < -0.4 is 19.7 Å². The van der Waals surface area contributed by atoms with Crippen molar-refractivity contribution >= 4 is 31.6 Å². The van der Waals surface area contributed by atoms with Crippen molar-refractivity contribution in [1.29, 1.82) is 15.9 Å². The van der Waals surface area contributed by atoms with E-state index in [1.807, 2.05) is 13.8 Å². The molecule has 0 bridgehead atoms. The van der Waals surface area contributed by atoms with E-state index < -0.39 is 50.2 Å². The number of nitriles is 2. The van der Waals surface area contributed by atoms with Crippen molar-refractivity contribution < 1.29 is 41.8 Å². The number of nitrogens with zero attached hydrogens (tertiary/aromatic N) is 3. The van der Waals surface area contributed by atoms with Gasteiger partial charge in [-0.1, -0.05) is 134 Å². The normalized spacial score (nSPS) is 21.3. The number of amidine groups is 1. The van der Waals surface area contributed by atoms with Gasteiger partial charge in [-0.05, 0) is 82.9 Å². The summed E-state index contributed by atoms with van der Waals surface area (Å²) in [6.07, 6.45) is 17.6. The number of hydrogen-bond acceptors (Lipinski definition) is 12. The Kier molecular flexibility index (Phi) is 22.6. The summed E-state index contributed by atoms with van der Waals surface area (Å²) in [6, 6.07) is 19.3. The van der Waals surface area contributed by atoms with Gasteiger partial charge in [-0.2, -0.15) is 10.5 Å². The van der Waals surface area contributed by atoms with Crippen molar-refractivity contribution in [2.75, 3.05) is 13.2 Å². The fraction of sp³-hybridized carbons (Fsp3) is 0.623. The van der Waals surface area contributed by atoms with Crippen molar-refractivity contribution in [3.8, 4) is 29.4 Å². The number of aliphatic imine (C=N–C) groups is 1. The Hall–Kier alpha value is -4.44. The second kappa shape index (κ2) is 28.0. The molecule has 70 heavy (non-hydrogen) atoms. The molecule has 3 heterocycles. The molecule has 0 aliphatic carbocycles. The van der Waals surface area contributed by atoms with Crippen LogP contribution in [0.1, 0.15) is 174 Å². The highest BCUT2D eigenvalue weighted by Gasteiger charge is 2.65. The topological polar surface area (TPSA) is 217 Å². The number of aromatic nitrogens is 1. The molecule has 7 atom stereocenters. The smallest absolute Gasteiger partial charge is 0.489 e. The lowest BCUT2D eigenvalue weighted by molar-refractivity contribution is -0.204. The number of unbranched alkanes of at least 4 members (excludes halogenated alkanes) is 12. The number of nitrogens with one attached hydrogen (secondary N) is 2. The van der Waals surface area contributed by atoms with Gasteiger partial charge in [0.15, 0.2) is 5.79 Å². The zero-order chi connectivity index (χ0) is 50.6. The van der Waals surface area contributed by atoms with E-state index in [0.717, 1.165) is 37.9 Å². The number of para-hydroxylation sites is 1. The number of H-pyrrole nitrogens is 1. The largest absolute Gasteiger partial charge is 0.530 e. The number of phosphoric acid groups is 1. The third-order valence-corrected chi connectivity index (χ3v) is 14.2. The molecule has 2 aliphatic rings. The Morgan fingerprint density at radius 2 is 1.53 bits per heavy atom. The first kappa shape index (κ1) is 56.5. The van der Waals surface area contributed by atoms with Gasteiger partial charge in [-0.15, -0.1) is 0 Å². The fourth-order valence-corrected chi connectivity index (χ4v) is 10.4. The predicted molar refractivity (Wildman–Crippen MR) is 273 cm³/mol. The summed E-state index contributed by atoms with van der Waals surface area (Å²) in [6.45, 7) is 11.0. The minimum atomic E-state index is -4.65. The van der Waals surface area contributed by atoms with E-state index in [1.165, 1.54) is 83.1 Å². The Balaban J connectivity index is 1.25. The Morgan fingerprint density at radius 3 is 2.16 bits per heavy atom. The van der Waals surface area contributed by atoms with E-state index in [1.54, 1.807) is 62.4 Å². The molecule has 2 saturated heterocycles. The summed E-state index contributed by atoms with van der Waals surface area (Å²) in [7, 11) is -4.65. The van der Waals surface area contributed by atoms with Crippen molar-refractivity contribution in [1.82, 2.24) is 4.98 Å². The molecule has 5 rings (SSSR count). The number of aromatic amines is 1. The predicted octanol–water partition coefficient (Wildman–Crippen LogP) is 13.4. The Labute approximate surface area is 421 Å². The van der Waals surface area contributed by atoms with Crippen molar-refractivity contribution in [2.45, 2.75) is 193 Å². The number of phosphoric ester groups is 1. The van der Waals surface area contributed by atoms with Gasteiger partial charge in [-0.25, -0.2) is 9.56 Å². The number of rotatable bonds is 33. The van der Waals surface area contributed by atoms with Crippen LogP contribution >= 0.6 is 19.4 Å². The zero-order valence-electron chi connectivity index (χ0n) is 42.1. The fourth-order valence-electron chi connectivity index (χ4n) is 8.87. The van der Waals surface area contributed by atoms with Crippen LogP contribution in [0.4, 0.5) is 0 Å². The van der Waals surface area contributed by atoms with Crippen LogP contribution in [0.15, 0.2) is 59.6 Å². The first-order valence-corrected chi connectivity index (χ1v) is 27.1. The molecule has 17 heteroatoms. The summed E-state index contributed by atoms with van der Waals surface area (Å²) in [5.74, 6) is 0.672. The van der Waals surface area contributed by atoms with E-state index in [4.69, 9.17) is 60.0 Å². The molecular formula is C53H76ClN6O9P. The van der Waals surface area contributed by atoms with Crippen molar-refractivity contribution in [3.05, 3.63) is 76.6 Å². The second-order valence-electron chi connectivity index (χ2n) is 19.3. The zero-order valence-corrected chi connectivity index (χ0v) is 43.7. The van der Waals surface area contributed by atoms with Crippen molar-refractivity contribution in [2.24, 2.45) is 16.6 Å². The van der Waals surface area contributed by atoms with Gasteiger partial charge in [-0.3, -0.25) is 14.5 Å². The van der Waals surface area contributed by atoms with Crippen LogP contribution in [-0.2, 0) is 27.8 Å². The van der Waals surface area contributed by atoms with E-state index in [-0.39, 0.29) is 29.3 Å². The lowest BCUT2D eigenvalue weighted by Crippen LogP contribution is -2.46. The first-order valence-electron chi connectivity index (χ1n) is 25.3. The highest BCUT2D eigenvalue weighted by atomic mass is 35.5. The number of hydrogen-bond donors (Lipinski definition) is 3. The molecule has 0 amide bonds. The van der Waals surface area contributed by atoms with Gasteiger partial charge in [0.05, 0.1) is 29.0 Å². The maximum atomic E-state index is 15.0. The number of nitrogens with two attached hydrogens (primary N) is 1. The molecule has 0 saturated carbocycles. The third kappa shape index (κ3) is 17.1. The van der Waals surface area contributed by atoms with Crippen molar-refractivity contribution in [3.63, 3.8) is 0 Å². The summed E-state index contributed by atoms with van der Waals surface area (Å²) in [5, 5.41) is 28.1. The van der Waals surface area contributed by atoms with Gasteiger partial charge < -0.3 is 38.9 Å². The van der Waals surface area contributed by atoms with Crippen LogP contribution in [0.3, 0.4) is 0 Å². The third-order valence-electron chi connectivity index (χ3n) is 12.6. The quantitative estimate of drug-likeness (QED) is 0.0225. The van der Waals surface area contributed by atoms with Gasteiger partial charge >= 0.3 is 7.82 Å². The average molecular weight is 1010 g/mol. The molecule has 3 aromatic rings. The maximum Gasteiger partial charge on any atom is 0.530 e. The van der Waals surface area contributed by atoms with Gasteiger partial charge in [0.25, 0.3) is 0 Å². The molecular weight excluding hydrogens is 931 g/mol. The minimum absolute atomic E-state index is 0.0362. The molecule has 0 radical (unpaired) electrons. The monoisotopic (exact) mass is 1010 g/mol. The molecule has 1 aromatic heterocycles. The Bertz CT molecular complexity index is 2260. The summed E-state index contributed by atoms with van der Waals surface area (Å²) in [5.41, 5.74) is 5.47. The highest BCUT2D eigenvalue weighted by Crippen LogP contribution is 2.55. The first-order chi connectivity index (χ1) is 33.6. The number of halogens is 1. The molecule has 2 unspecified atom stereocenters. The minimum Gasteiger partial charge on any atom is -0.489 e. The van der Waals surface area contributed by atoms with Gasteiger partial charge in [0.1, 0.15) is 72.6 Å². The van der Waals surface area contributed by atoms with Crippen LogP contribution in [-0.4, -0.2) is 66.2 Å². The lowest BCUT2D eigenvalue weighted by Gasteiger charge is -2.30. The number of ether oxygens (including phenoxy) is 5. The summed E-state index contributed by atoms with van der Waals surface area (Å²) < 4.78 is 64.8. The highest BCUT2D eigenvalue weighted by molar-refractivity contribution is 7.49. The molecule has 4 N–H and O–H groups in total. The van der Waals surface area contributed by atoms with Crippen LogP contribution in [0.2, 0.25) is 5.02 Å². The molecule has 384 valence electrons. The van der Waals surface area contributed by atoms with E-state index in [2.05, 4.69) is 36.0 Å². The van der Waals surface area contributed by atoms with Gasteiger partial charge in [0.2, 0.25) is 5.60 Å². The maximum absolute atomic E-state index is 15.0. The standard InChI is InChI=1S/C53H76ClN6O9P/c1-7-8-23-39(4)24-19-17-15-13-11-9-10-12-14-16-18-20-25-42(65-41-29-28-40(33-55)47(32-41)64-38(2)3)34-62-70(61,69-46-27-22-21-26-43(46)54)63-36-53(35-56)50-49(66-52(5,6)68-50)48(67-53)44-30-31-45(60-44)51(58)59-37-57/h21-22,26-32,37-39,42,48-50,60H,7-20,23-25,34,36H2,1-6H3,(H3,57,58,59)/t39?,42-,48+,49+,50+,53-,70?/m1/s1. The summed E-state index contributed by atoms with van der Waals surface area (Å²) in [4.78, 5) is 6.99. The SMILES string of the molecule is CCCCC(C)CCCCCCCCCCCCCC[C@H](COP(=O)(OC[C@@]1(C#N)O[C@@H](c2ccc(/C(N)=N\C=N)[nH]2)[C@@H]2OC(C)(C)O[C@@H]21)Oc1ccccc1Cl)Oc1ccc(C#N)c(OC(C)C)c1. The molecule has 2 aromatic carbocycles. The molecule has 2 aliphatic heterocycles. The van der Waals surface area contributed by atoms with E-state index in [0.29, 0.717) is 34.9 Å². The molecule has 15 nitrogen and oxygen atoms in total.